The Hall–Kier alpha value is -1.06. The number of halogens is 1. The molecule has 0 saturated carbocycles. The normalized spacial score (nSPS) is 17.5. The lowest BCUT2D eigenvalue weighted by Gasteiger charge is -2.19. The molecule has 0 spiro atoms. The molecule has 0 aromatic rings. The predicted molar refractivity (Wildman–Crippen MR) is 103 cm³/mol. The Bertz CT molecular complexity index is 415. The minimum atomic E-state index is -0.0354. The Balaban J connectivity index is 0.00000484. The minimum absolute atomic E-state index is 0. The molecule has 1 heterocycles. The van der Waals surface area contributed by atoms with Crippen LogP contribution in [0.4, 0.5) is 0 Å². The Kier molecular flexibility index (Phi) is 10.9. The zero-order chi connectivity index (χ0) is 16.5. The van der Waals surface area contributed by atoms with Crippen LogP contribution in [0.15, 0.2) is 4.99 Å². The van der Waals surface area contributed by atoms with Crippen LogP contribution < -0.4 is 10.6 Å². The molecule has 0 aromatic carbocycles. The average molecular weight is 439 g/mol. The maximum absolute atomic E-state index is 11.7. The third-order valence-corrected chi connectivity index (χ3v) is 3.60. The molecule has 1 rings (SSSR count). The summed E-state index contributed by atoms with van der Waals surface area (Å²) in [4.78, 5) is 31.1. The molecule has 1 saturated heterocycles. The number of carbonyl (C=O) groups is 2. The lowest BCUT2D eigenvalue weighted by atomic mass is 10.3. The maximum Gasteiger partial charge on any atom is 0.243 e. The van der Waals surface area contributed by atoms with E-state index in [1.807, 2.05) is 11.8 Å². The molecule has 7 nitrogen and oxygen atoms in total. The van der Waals surface area contributed by atoms with Gasteiger partial charge in [-0.15, -0.1) is 24.0 Å². The number of likely N-dealkylation sites (N-methyl/N-ethyl adjacent to an activating group) is 1. The number of nitrogens with zero attached hydrogens (tertiary/aromatic N) is 3. The molecule has 1 aliphatic heterocycles. The van der Waals surface area contributed by atoms with Gasteiger partial charge in [-0.1, -0.05) is 13.8 Å². The molecule has 1 fully saturated rings. The fraction of sp³-hybridized carbons (Fsp3) is 0.800. The largest absolute Gasteiger partial charge is 0.356 e. The van der Waals surface area contributed by atoms with E-state index in [0.29, 0.717) is 18.9 Å². The van der Waals surface area contributed by atoms with Crippen molar-refractivity contribution in [1.82, 2.24) is 20.4 Å². The zero-order valence-electron chi connectivity index (χ0n) is 14.6. The fourth-order valence-electron chi connectivity index (χ4n) is 2.21. The van der Waals surface area contributed by atoms with Gasteiger partial charge in [0.1, 0.15) is 6.54 Å². The second kappa shape index (κ2) is 11.5. The smallest absolute Gasteiger partial charge is 0.243 e. The van der Waals surface area contributed by atoms with Crippen molar-refractivity contribution in [2.75, 3.05) is 40.3 Å². The van der Waals surface area contributed by atoms with Crippen LogP contribution in [0.2, 0.25) is 0 Å². The lowest BCUT2D eigenvalue weighted by Crippen LogP contribution is -2.45. The van der Waals surface area contributed by atoms with Gasteiger partial charge in [-0.05, 0) is 12.8 Å². The summed E-state index contributed by atoms with van der Waals surface area (Å²) in [5.74, 6) is 0.798. The number of rotatable bonds is 6. The zero-order valence-corrected chi connectivity index (χ0v) is 16.9. The fourth-order valence-corrected chi connectivity index (χ4v) is 2.21. The number of hydrogen-bond acceptors (Lipinski definition) is 3. The van der Waals surface area contributed by atoms with Gasteiger partial charge >= 0.3 is 0 Å². The quantitative estimate of drug-likeness (QED) is 0.362. The van der Waals surface area contributed by atoms with Gasteiger partial charge in [0.15, 0.2) is 5.96 Å². The first-order valence-electron chi connectivity index (χ1n) is 8.00. The molecule has 2 N–H and O–H groups in total. The van der Waals surface area contributed by atoms with E-state index in [4.69, 9.17) is 0 Å². The van der Waals surface area contributed by atoms with E-state index in [1.165, 1.54) is 4.90 Å². The van der Waals surface area contributed by atoms with Crippen LogP contribution in [-0.2, 0) is 9.59 Å². The summed E-state index contributed by atoms with van der Waals surface area (Å²) < 4.78 is 0. The summed E-state index contributed by atoms with van der Waals surface area (Å²) in [5, 5.41) is 6.54. The SMILES string of the molecule is CCCNC(=NCC(=O)N(C)C)NC1CCN(C(=O)CC)C1.I. The molecular formula is C15H30IN5O2. The van der Waals surface area contributed by atoms with Crippen LogP contribution in [0.25, 0.3) is 0 Å². The first-order chi connectivity index (χ1) is 10.5. The third kappa shape index (κ3) is 7.85. The second-order valence-corrected chi connectivity index (χ2v) is 5.70. The van der Waals surface area contributed by atoms with Crippen LogP contribution in [0, 0.1) is 0 Å². The van der Waals surface area contributed by atoms with Crippen molar-refractivity contribution in [2.45, 2.75) is 39.2 Å². The monoisotopic (exact) mass is 439 g/mol. The van der Waals surface area contributed by atoms with Crippen LogP contribution in [-0.4, -0.2) is 73.9 Å². The summed E-state index contributed by atoms with van der Waals surface area (Å²) in [5.41, 5.74) is 0. The van der Waals surface area contributed by atoms with Gasteiger partial charge in [0.2, 0.25) is 11.8 Å². The van der Waals surface area contributed by atoms with Crippen molar-refractivity contribution in [3.63, 3.8) is 0 Å². The molecular weight excluding hydrogens is 409 g/mol. The number of aliphatic imine (C=N–C) groups is 1. The van der Waals surface area contributed by atoms with Crippen LogP contribution in [0.5, 0.6) is 0 Å². The molecule has 8 heteroatoms. The Morgan fingerprint density at radius 3 is 2.57 bits per heavy atom. The van der Waals surface area contributed by atoms with Crippen molar-refractivity contribution < 1.29 is 9.59 Å². The molecule has 1 atom stereocenters. The van der Waals surface area contributed by atoms with Crippen molar-refractivity contribution in [1.29, 1.82) is 0 Å². The molecule has 134 valence electrons. The van der Waals surface area contributed by atoms with Gasteiger partial charge in [0.25, 0.3) is 0 Å². The van der Waals surface area contributed by atoms with Gasteiger partial charge in [-0.25, -0.2) is 4.99 Å². The van der Waals surface area contributed by atoms with E-state index in [2.05, 4.69) is 22.5 Å². The van der Waals surface area contributed by atoms with Crippen LogP contribution in [0.1, 0.15) is 33.1 Å². The maximum atomic E-state index is 11.7. The first kappa shape index (κ1) is 21.9. The highest BCUT2D eigenvalue weighted by Crippen LogP contribution is 2.10. The molecule has 23 heavy (non-hydrogen) atoms. The van der Waals surface area contributed by atoms with Crippen LogP contribution in [0.3, 0.4) is 0 Å². The molecule has 0 radical (unpaired) electrons. The van der Waals surface area contributed by atoms with Gasteiger partial charge in [0.05, 0.1) is 0 Å². The second-order valence-electron chi connectivity index (χ2n) is 5.70. The van der Waals surface area contributed by atoms with Crippen molar-refractivity contribution in [2.24, 2.45) is 4.99 Å². The van der Waals surface area contributed by atoms with Crippen molar-refractivity contribution in [3.8, 4) is 0 Å². The highest BCUT2D eigenvalue weighted by Gasteiger charge is 2.25. The Morgan fingerprint density at radius 2 is 2.00 bits per heavy atom. The van der Waals surface area contributed by atoms with E-state index >= 15 is 0 Å². The van der Waals surface area contributed by atoms with E-state index in [1.54, 1.807) is 14.1 Å². The first-order valence-corrected chi connectivity index (χ1v) is 8.00. The summed E-state index contributed by atoms with van der Waals surface area (Å²) in [7, 11) is 3.44. The summed E-state index contributed by atoms with van der Waals surface area (Å²) >= 11 is 0. The third-order valence-electron chi connectivity index (χ3n) is 3.60. The molecule has 0 aliphatic carbocycles. The highest BCUT2D eigenvalue weighted by molar-refractivity contribution is 14.0. The Morgan fingerprint density at radius 1 is 1.30 bits per heavy atom. The average Bonchev–Trinajstić information content (AvgIpc) is 2.97. The summed E-state index contributed by atoms with van der Waals surface area (Å²) in [6.45, 7) is 6.35. The van der Waals surface area contributed by atoms with Gasteiger partial charge < -0.3 is 20.4 Å². The highest BCUT2D eigenvalue weighted by atomic mass is 127. The summed E-state index contributed by atoms with van der Waals surface area (Å²) in [6, 6.07) is 0.188. The number of carbonyl (C=O) groups excluding carboxylic acids is 2. The van der Waals surface area contributed by atoms with Crippen molar-refractivity contribution >= 4 is 41.8 Å². The van der Waals surface area contributed by atoms with Gasteiger partial charge in [-0.3, -0.25) is 9.59 Å². The van der Waals surface area contributed by atoms with E-state index < -0.39 is 0 Å². The molecule has 0 bridgehead atoms. The Labute approximate surface area is 156 Å². The number of guanidine groups is 1. The number of hydrogen-bond donors (Lipinski definition) is 2. The lowest BCUT2D eigenvalue weighted by molar-refractivity contribution is -0.130. The van der Waals surface area contributed by atoms with Crippen molar-refractivity contribution in [3.05, 3.63) is 0 Å². The van der Waals surface area contributed by atoms with E-state index in [-0.39, 0.29) is 48.4 Å². The molecule has 1 unspecified atom stereocenters. The van der Waals surface area contributed by atoms with E-state index in [0.717, 1.165) is 25.9 Å². The van der Waals surface area contributed by atoms with E-state index in [9.17, 15) is 9.59 Å². The topological polar surface area (TPSA) is 77.0 Å². The van der Waals surface area contributed by atoms with Crippen LogP contribution >= 0.6 is 24.0 Å². The number of amides is 2. The van der Waals surface area contributed by atoms with Gasteiger partial charge in [0, 0.05) is 46.2 Å². The standard InChI is InChI=1S/C15H29N5O2.HI/c1-5-8-16-15(17-10-14(22)19(3)4)18-12-7-9-20(11-12)13(21)6-2;/h12H,5-11H2,1-4H3,(H2,16,17,18);1H. The number of likely N-dealkylation sites (tertiary alicyclic amines) is 1. The number of nitrogens with one attached hydrogen (secondary N) is 2. The molecule has 1 aliphatic rings. The van der Waals surface area contributed by atoms with Gasteiger partial charge in [-0.2, -0.15) is 0 Å². The molecule has 2 amide bonds. The predicted octanol–water partition coefficient (Wildman–Crippen LogP) is 0.649. The minimum Gasteiger partial charge on any atom is -0.356 e. The molecule has 0 aromatic heterocycles. The summed E-state index contributed by atoms with van der Waals surface area (Å²) in [6.07, 6.45) is 2.42.